The summed E-state index contributed by atoms with van der Waals surface area (Å²) in [5.41, 5.74) is 2.60. The highest BCUT2D eigenvalue weighted by atomic mass is 35.5. The van der Waals surface area contributed by atoms with Gasteiger partial charge in [0, 0.05) is 36.0 Å². The number of nitrogens with zero attached hydrogens (tertiary/aromatic N) is 3. The summed E-state index contributed by atoms with van der Waals surface area (Å²) in [6.07, 6.45) is 0. The number of non-ortho nitro benzene ring substituents is 1. The van der Waals surface area contributed by atoms with E-state index in [1.165, 1.54) is 6.07 Å². The van der Waals surface area contributed by atoms with Crippen molar-refractivity contribution in [3.05, 3.63) is 52.6 Å². The van der Waals surface area contributed by atoms with Crippen LogP contribution in [-0.4, -0.2) is 42.0 Å². The number of halogens is 2. The number of rotatable bonds is 5. The molecule has 3 rings (SSSR count). The molecule has 25 heavy (non-hydrogen) atoms. The second kappa shape index (κ2) is 8.80. The molecule has 0 atom stereocenters. The van der Waals surface area contributed by atoms with Crippen LogP contribution in [0.15, 0.2) is 42.5 Å². The number of hydrogen-bond donors (Lipinski definition) is 1. The zero-order chi connectivity index (χ0) is 16.4. The van der Waals surface area contributed by atoms with E-state index in [1.807, 2.05) is 38.4 Å². The maximum Gasteiger partial charge on any atom is 0.270 e. The first-order valence-corrected chi connectivity index (χ1v) is 7.42. The zero-order valence-electron chi connectivity index (χ0n) is 13.9. The van der Waals surface area contributed by atoms with Crippen molar-refractivity contribution in [3.8, 4) is 0 Å². The normalized spacial score (nSPS) is 10.4. The molecule has 1 N–H and O–H groups in total. The summed E-state index contributed by atoms with van der Waals surface area (Å²) in [4.78, 5) is 17.4. The van der Waals surface area contributed by atoms with Gasteiger partial charge in [-0.3, -0.25) is 10.1 Å². The van der Waals surface area contributed by atoms with Gasteiger partial charge >= 0.3 is 0 Å². The third-order valence-electron chi connectivity index (χ3n) is 3.74. The van der Waals surface area contributed by atoms with Crippen molar-refractivity contribution in [1.82, 2.24) is 9.88 Å². The Balaban J connectivity index is 0.00000156. The minimum Gasteiger partial charge on any atom is -0.383 e. The average Bonchev–Trinajstić information content (AvgIpc) is 2.53. The fraction of sp³-hybridized carbons (Fsp3) is 0.235. The summed E-state index contributed by atoms with van der Waals surface area (Å²) in [6, 6.07) is 12.6. The molecule has 134 valence electrons. The molecule has 1 aromatic heterocycles. The molecule has 0 aliphatic rings. The Kier molecular flexibility index (Phi) is 7.36. The van der Waals surface area contributed by atoms with E-state index < -0.39 is 0 Å². The minimum atomic E-state index is -0.377. The third kappa shape index (κ3) is 4.48. The molecule has 3 aromatic rings. The van der Waals surface area contributed by atoms with Crippen LogP contribution in [-0.2, 0) is 0 Å². The van der Waals surface area contributed by atoms with Crippen LogP contribution in [0.1, 0.15) is 0 Å². The fourth-order valence-electron chi connectivity index (χ4n) is 2.59. The van der Waals surface area contributed by atoms with Gasteiger partial charge in [0.15, 0.2) is 0 Å². The highest BCUT2D eigenvalue weighted by molar-refractivity contribution is 6.08. The highest BCUT2D eigenvalue weighted by Crippen LogP contribution is 2.32. The number of hydrogen-bond acceptors (Lipinski definition) is 5. The summed E-state index contributed by atoms with van der Waals surface area (Å²) < 4.78 is 0. The Hall–Kier alpha value is -2.15. The standard InChI is InChI=1S/C17H18N4O2.2ClH/c1-20(2)10-9-18-17-13-5-3-4-6-15(13)19-16-8-7-12(21(22)23)11-14(16)17;;/h3-8,11H,9-10H2,1-2H3,(H,18,19);2*1H. The number of aromatic nitrogens is 1. The molecule has 0 unspecified atom stereocenters. The van der Waals surface area contributed by atoms with Gasteiger partial charge in [-0.05, 0) is 26.2 Å². The smallest absolute Gasteiger partial charge is 0.270 e. The van der Waals surface area contributed by atoms with Crippen LogP contribution in [0.25, 0.3) is 21.8 Å². The van der Waals surface area contributed by atoms with Crippen molar-refractivity contribution in [1.29, 1.82) is 0 Å². The van der Waals surface area contributed by atoms with Gasteiger partial charge in [0.1, 0.15) is 0 Å². The number of pyridine rings is 1. The molecule has 0 bridgehead atoms. The summed E-state index contributed by atoms with van der Waals surface area (Å²) >= 11 is 0. The van der Waals surface area contributed by atoms with E-state index in [0.717, 1.165) is 40.6 Å². The number of likely N-dealkylation sites (N-methyl/N-ethyl adjacent to an activating group) is 1. The molecule has 0 saturated carbocycles. The van der Waals surface area contributed by atoms with Crippen LogP contribution in [0.5, 0.6) is 0 Å². The second-order valence-electron chi connectivity index (χ2n) is 5.69. The number of anilines is 1. The fourth-order valence-corrected chi connectivity index (χ4v) is 2.59. The van der Waals surface area contributed by atoms with Gasteiger partial charge in [-0.25, -0.2) is 4.98 Å². The monoisotopic (exact) mass is 382 g/mol. The zero-order valence-corrected chi connectivity index (χ0v) is 15.6. The molecule has 0 aliphatic heterocycles. The number of fused-ring (bicyclic) bond motifs is 2. The molecular weight excluding hydrogens is 363 g/mol. The average molecular weight is 383 g/mol. The van der Waals surface area contributed by atoms with Crippen molar-refractivity contribution < 1.29 is 4.92 Å². The molecule has 0 fully saturated rings. The number of nitro benzene ring substituents is 1. The first-order chi connectivity index (χ1) is 11.1. The molecular formula is C17H20Cl2N4O2. The van der Waals surface area contributed by atoms with E-state index in [0.29, 0.717) is 0 Å². The Morgan fingerprint density at radius 1 is 1.08 bits per heavy atom. The summed E-state index contributed by atoms with van der Waals surface area (Å²) in [6.45, 7) is 1.62. The summed E-state index contributed by atoms with van der Waals surface area (Å²) in [5.74, 6) is 0. The maximum atomic E-state index is 11.1. The van der Waals surface area contributed by atoms with Crippen LogP contribution in [0.3, 0.4) is 0 Å². The van der Waals surface area contributed by atoms with Crippen LogP contribution >= 0.6 is 24.8 Å². The lowest BCUT2D eigenvalue weighted by atomic mass is 10.1. The third-order valence-corrected chi connectivity index (χ3v) is 3.74. The molecule has 0 saturated heterocycles. The second-order valence-corrected chi connectivity index (χ2v) is 5.69. The SMILES string of the molecule is CN(C)CCNc1c2ccccc2nc2ccc([N+](=O)[O-])cc12.Cl.Cl. The number of para-hydroxylation sites is 1. The van der Waals surface area contributed by atoms with E-state index in [9.17, 15) is 10.1 Å². The van der Waals surface area contributed by atoms with Crippen LogP contribution in [0.4, 0.5) is 11.4 Å². The van der Waals surface area contributed by atoms with Crippen molar-refractivity contribution in [3.63, 3.8) is 0 Å². The molecule has 6 nitrogen and oxygen atoms in total. The van der Waals surface area contributed by atoms with Crippen LogP contribution in [0.2, 0.25) is 0 Å². The van der Waals surface area contributed by atoms with Gasteiger partial charge in [-0.15, -0.1) is 24.8 Å². The van der Waals surface area contributed by atoms with Gasteiger partial charge < -0.3 is 10.2 Å². The van der Waals surface area contributed by atoms with Gasteiger partial charge in [0.25, 0.3) is 5.69 Å². The van der Waals surface area contributed by atoms with Gasteiger partial charge in [-0.2, -0.15) is 0 Å². The maximum absolute atomic E-state index is 11.1. The molecule has 1 heterocycles. The van der Waals surface area contributed by atoms with E-state index in [1.54, 1.807) is 12.1 Å². The number of benzene rings is 2. The van der Waals surface area contributed by atoms with Crippen molar-refractivity contribution >= 4 is 58.0 Å². The highest BCUT2D eigenvalue weighted by Gasteiger charge is 2.13. The van der Waals surface area contributed by atoms with E-state index in [-0.39, 0.29) is 35.4 Å². The minimum absolute atomic E-state index is 0. The Morgan fingerprint density at radius 3 is 2.44 bits per heavy atom. The predicted molar refractivity (Wildman–Crippen MR) is 107 cm³/mol. The summed E-state index contributed by atoms with van der Waals surface area (Å²) in [5, 5.41) is 16.3. The van der Waals surface area contributed by atoms with Crippen LogP contribution in [0, 0.1) is 10.1 Å². The predicted octanol–water partition coefficient (Wildman–Crippen LogP) is 4.11. The lowest BCUT2D eigenvalue weighted by molar-refractivity contribution is -0.384. The Labute approximate surface area is 158 Å². The number of nitro groups is 1. The number of nitrogens with one attached hydrogen (secondary N) is 1. The molecule has 0 spiro atoms. The van der Waals surface area contributed by atoms with Crippen molar-refractivity contribution in [2.24, 2.45) is 0 Å². The van der Waals surface area contributed by atoms with Gasteiger partial charge in [0.2, 0.25) is 0 Å². The van der Waals surface area contributed by atoms with Gasteiger partial charge in [-0.1, -0.05) is 18.2 Å². The molecule has 0 radical (unpaired) electrons. The van der Waals surface area contributed by atoms with E-state index in [4.69, 9.17) is 0 Å². The molecule has 2 aromatic carbocycles. The molecule has 8 heteroatoms. The van der Waals surface area contributed by atoms with Gasteiger partial charge in [0.05, 0.1) is 21.6 Å². The summed E-state index contributed by atoms with van der Waals surface area (Å²) in [7, 11) is 4.02. The Morgan fingerprint density at radius 2 is 1.76 bits per heavy atom. The molecule has 0 aliphatic carbocycles. The van der Waals surface area contributed by atoms with Crippen LogP contribution < -0.4 is 5.32 Å². The lowest BCUT2D eigenvalue weighted by Crippen LogP contribution is -2.21. The van der Waals surface area contributed by atoms with E-state index >= 15 is 0 Å². The Bertz CT molecular complexity index is 887. The largest absolute Gasteiger partial charge is 0.383 e. The topological polar surface area (TPSA) is 71.3 Å². The first kappa shape index (κ1) is 20.9. The lowest BCUT2D eigenvalue weighted by Gasteiger charge is -2.15. The first-order valence-electron chi connectivity index (χ1n) is 7.42. The van der Waals surface area contributed by atoms with E-state index in [2.05, 4.69) is 15.2 Å². The van der Waals surface area contributed by atoms with Crippen molar-refractivity contribution in [2.45, 2.75) is 0 Å². The van der Waals surface area contributed by atoms with Crippen molar-refractivity contribution in [2.75, 3.05) is 32.5 Å². The molecule has 0 amide bonds. The quantitative estimate of drug-likeness (QED) is 0.408.